The number of aliphatic hydroxyl groups excluding tert-OH is 1. The molecule has 1 rings (SSSR count). The van der Waals surface area contributed by atoms with Gasteiger partial charge in [-0.2, -0.15) is 0 Å². The molecule has 1 aliphatic rings. The maximum absolute atomic E-state index is 9.44. The predicted molar refractivity (Wildman–Crippen MR) is 47.8 cm³/mol. The second-order valence-electron chi connectivity index (χ2n) is 2.87. The molecule has 3 nitrogen and oxygen atoms in total. The summed E-state index contributed by atoms with van der Waals surface area (Å²) in [6, 6.07) is 0. The predicted octanol–water partition coefficient (Wildman–Crippen LogP) is 0.917. The van der Waals surface area contributed by atoms with Crippen LogP contribution in [0.4, 0.5) is 0 Å². The minimum absolute atomic E-state index is 0.121. The Morgan fingerprint density at radius 2 is 2.09 bits per heavy atom. The number of amidine groups is 1. The molecule has 2 atom stereocenters. The molecule has 0 radical (unpaired) electrons. The van der Waals surface area contributed by atoms with Gasteiger partial charge in [-0.15, -0.1) is 0 Å². The van der Waals surface area contributed by atoms with E-state index in [1.165, 1.54) is 11.8 Å². The second kappa shape index (κ2) is 3.97. The van der Waals surface area contributed by atoms with Crippen molar-refractivity contribution in [3.05, 3.63) is 0 Å². The molecule has 4 N–H and O–H groups in total. The molecule has 0 aliphatic heterocycles. The first-order valence-corrected chi connectivity index (χ1v) is 4.77. The summed E-state index contributed by atoms with van der Waals surface area (Å²) >= 11 is 1.29. The van der Waals surface area contributed by atoms with Gasteiger partial charge >= 0.3 is 0 Å². The molecule has 0 spiro atoms. The number of nitrogens with two attached hydrogens (primary N) is 1. The molecule has 0 amide bonds. The Kier molecular flexibility index (Phi) is 3.20. The van der Waals surface area contributed by atoms with Crippen LogP contribution in [-0.4, -0.2) is 21.6 Å². The fraction of sp³-hybridized carbons (Fsp3) is 0.857. The van der Waals surface area contributed by atoms with Gasteiger partial charge in [0.2, 0.25) is 0 Å². The van der Waals surface area contributed by atoms with Crippen LogP contribution in [-0.2, 0) is 0 Å². The quantitative estimate of drug-likeness (QED) is 0.409. The standard InChI is InChI=1S/C7H14N2OS/c8-7(9)11-6-4-2-1-3-5(6)10/h5-6,10H,1-4H2,(H3,8,9). The normalized spacial score (nSPS) is 31.7. The lowest BCUT2D eigenvalue weighted by molar-refractivity contribution is 0.137. The van der Waals surface area contributed by atoms with Crippen LogP contribution < -0.4 is 5.73 Å². The summed E-state index contributed by atoms with van der Waals surface area (Å²) in [6.07, 6.45) is 3.87. The number of thioether (sulfide) groups is 1. The van der Waals surface area contributed by atoms with Crippen molar-refractivity contribution in [3.63, 3.8) is 0 Å². The lowest BCUT2D eigenvalue weighted by Gasteiger charge is -2.26. The van der Waals surface area contributed by atoms with Crippen LogP contribution in [0.25, 0.3) is 0 Å². The minimum atomic E-state index is -0.252. The topological polar surface area (TPSA) is 70.1 Å². The third-order valence-electron chi connectivity index (χ3n) is 1.95. The molecule has 4 heteroatoms. The molecule has 0 bridgehead atoms. The van der Waals surface area contributed by atoms with E-state index in [0.717, 1.165) is 25.7 Å². The monoisotopic (exact) mass is 174 g/mol. The van der Waals surface area contributed by atoms with E-state index in [1.54, 1.807) is 0 Å². The number of hydrogen-bond acceptors (Lipinski definition) is 3. The van der Waals surface area contributed by atoms with Crippen molar-refractivity contribution in [3.8, 4) is 0 Å². The lowest BCUT2D eigenvalue weighted by Crippen LogP contribution is -2.29. The Balaban J connectivity index is 2.35. The number of nitrogens with one attached hydrogen (secondary N) is 1. The van der Waals surface area contributed by atoms with Gasteiger partial charge in [-0.05, 0) is 12.8 Å². The first-order chi connectivity index (χ1) is 5.20. The average Bonchev–Trinajstić information content (AvgIpc) is 1.93. The Bertz CT molecular complexity index is 151. The fourth-order valence-corrected chi connectivity index (χ4v) is 2.28. The van der Waals surface area contributed by atoms with E-state index in [4.69, 9.17) is 11.1 Å². The van der Waals surface area contributed by atoms with Gasteiger partial charge in [-0.25, -0.2) is 0 Å². The van der Waals surface area contributed by atoms with Crippen LogP contribution in [0.5, 0.6) is 0 Å². The van der Waals surface area contributed by atoms with Gasteiger partial charge in [0.25, 0.3) is 0 Å². The highest BCUT2D eigenvalue weighted by Crippen LogP contribution is 2.28. The third-order valence-corrected chi connectivity index (χ3v) is 3.05. The summed E-state index contributed by atoms with van der Waals surface area (Å²) in [6.45, 7) is 0. The molecule has 0 aromatic carbocycles. The van der Waals surface area contributed by atoms with E-state index in [1.807, 2.05) is 0 Å². The Hall–Kier alpha value is -0.220. The van der Waals surface area contributed by atoms with Gasteiger partial charge in [-0.3, -0.25) is 5.41 Å². The Labute approximate surface area is 70.9 Å². The molecular weight excluding hydrogens is 160 g/mol. The molecule has 0 aromatic heterocycles. The van der Waals surface area contributed by atoms with Crippen LogP contribution >= 0.6 is 11.8 Å². The zero-order chi connectivity index (χ0) is 8.27. The largest absolute Gasteiger partial charge is 0.392 e. The molecule has 1 saturated carbocycles. The maximum Gasteiger partial charge on any atom is 0.151 e. The van der Waals surface area contributed by atoms with Gasteiger partial charge < -0.3 is 10.8 Å². The van der Waals surface area contributed by atoms with Crippen LogP contribution in [0.15, 0.2) is 0 Å². The highest BCUT2D eigenvalue weighted by Gasteiger charge is 2.23. The second-order valence-corrected chi connectivity index (χ2v) is 4.15. The maximum atomic E-state index is 9.44. The summed E-state index contributed by atoms with van der Waals surface area (Å²) in [5.41, 5.74) is 5.22. The van der Waals surface area contributed by atoms with Gasteiger partial charge in [0.05, 0.1) is 6.10 Å². The molecule has 0 heterocycles. The van der Waals surface area contributed by atoms with E-state index in [2.05, 4.69) is 0 Å². The summed E-state index contributed by atoms with van der Waals surface area (Å²) < 4.78 is 0. The number of hydrogen-bond donors (Lipinski definition) is 3. The van der Waals surface area contributed by atoms with Crippen molar-refractivity contribution in [1.82, 2.24) is 0 Å². The van der Waals surface area contributed by atoms with Crippen molar-refractivity contribution in [1.29, 1.82) is 5.41 Å². The zero-order valence-electron chi connectivity index (χ0n) is 6.42. The molecule has 1 fully saturated rings. The fourth-order valence-electron chi connectivity index (χ4n) is 1.38. The molecule has 0 aromatic rings. The van der Waals surface area contributed by atoms with Gasteiger partial charge in [0, 0.05) is 5.25 Å². The van der Waals surface area contributed by atoms with Crippen LogP contribution in [0.1, 0.15) is 25.7 Å². The van der Waals surface area contributed by atoms with E-state index < -0.39 is 0 Å². The van der Waals surface area contributed by atoms with E-state index in [-0.39, 0.29) is 16.5 Å². The van der Waals surface area contributed by atoms with Gasteiger partial charge in [0.1, 0.15) is 0 Å². The van der Waals surface area contributed by atoms with Crippen LogP contribution in [0, 0.1) is 5.41 Å². The summed E-state index contributed by atoms with van der Waals surface area (Å²) in [7, 11) is 0. The van der Waals surface area contributed by atoms with E-state index in [0.29, 0.717) is 0 Å². The molecule has 11 heavy (non-hydrogen) atoms. The first-order valence-electron chi connectivity index (χ1n) is 3.89. The van der Waals surface area contributed by atoms with E-state index >= 15 is 0 Å². The van der Waals surface area contributed by atoms with Crippen molar-refractivity contribution in [2.45, 2.75) is 37.0 Å². The third kappa shape index (κ3) is 2.71. The van der Waals surface area contributed by atoms with E-state index in [9.17, 15) is 5.11 Å². The van der Waals surface area contributed by atoms with Gasteiger partial charge in [-0.1, -0.05) is 24.6 Å². The van der Waals surface area contributed by atoms with Crippen LogP contribution in [0.2, 0.25) is 0 Å². The summed E-state index contributed by atoms with van der Waals surface area (Å²) in [5, 5.41) is 16.8. The van der Waals surface area contributed by atoms with Crippen molar-refractivity contribution >= 4 is 16.9 Å². The SMILES string of the molecule is N=C(N)SC1CCCCC1O. The summed E-state index contributed by atoms with van der Waals surface area (Å²) in [4.78, 5) is 0. The number of aliphatic hydroxyl groups is 1. The average molecular weight is 174 g/mol. The van der Waals surface area contributed by atoms with Crippen molar-refractivity contribution < 1.29 is 5.11 Å². The highest BCUT2D eigenvalue weighted by molar-refractivity contribution is 8.14. The zero-order valence-corrected chi connectivity index (χ0v) is 7.23. The minimum Gasteiger partial charge on any atom is -0.392 e. The van der Waals surface area contributed by atoms with Gasteiger partial charge in [0.15, 0.2) is 5.17 Å². The molecule has 2 unspecified atom stereocenters. The molecule has 64 valence electrons. The lowest BCUT2D eigenvalue weighted by atomic mass is 9.97. The molecule has 1 aliphatic carbocycles. The molecule has 0 saturated heterocycles. The molecular formula is C7H14N2OS. The Morgan fingerprint density at radius 1 is 1.45 bits per heavy atom. The summed E-state index contributed by atoms with van der Waals surface area (Å²) in [5.74, 6) is 0. The Morgan fingerprint density at radius 3 is 2.64 bits per heavy atom. The number of rotatable bonds is 1. The highest BCUT2D eigenvalue weighted by atomic mass is 32.2. The van der Waals surface area contributed by atoms with Crippen molar-refractivity contribution in [2.24, 2.45) is 5.73 Å². The first kappa shape index (κ1) is 8.87. The van der Waals surface area contributed by atoms with Crippen molar-refractivity contribution in [2.75, 3.05) is 0 Å². The smallest absolute Gasteiger partial charge is 0.151 e. The van der Waals surface area contributed by atoms with Crippen LogP contribution in [0.3, 0.4) is 0 Å².